The molecular weight excluding hydrogens is 294 g/mol. The first-order chi connectivity index (χ1) is 7.17. The molecule has 15 heavy (non-hydrogen) atoms. The van der Waals surface area contributed by atoms with Crippen molar-refractivity contribution in [3.8, 4) is 0 Å². The summed E-state index contributed by atoms with van der Waals surface area (Å²) in [7, 11) is 0. The molecule has 82 valence electrons. The van der Waals surface area contributed by atoms with Gasteiger partial charge in [-0.05, 0) is 41.2 Å². The van der Waals surface area contributed by atoms with Crippen molar-refractivity contribution in [2.45, 2.75) is 6.92 Å². The maximum absolute atomic E-state index is 11.8. The molecule has 0 saturated heterocycles. The third kappa shape index (κ3) is 4.01. The second kappa shape index (κ2) is 6.35. The van der Waals surface area contributed by atoms with Gasteiger partial charge in [-0.15, -0.1) is 23.1 Å². The molecule has 0 spiro atoms. The monoisotopic (exact) mass is 305 g/mol. The number of carbonyl (C=O) groups excluding carboxylic acids is 1. The van der Waals surface area contributed by atoms with E-state index < -0.39 is 0 Å². The van der Waals surface area contributed by atoms with Gasteiger partial charge in [-0.1, -0.05) is 0 Å². The zero-order valence-electron chi connectivity index (χ0n) is 8.54. The van der Waals surface area contributed by atoms with E-state index in [0.717, 1.165) is 20.2 Å². The molecule has 1 N–H and O–H groups in total. The Morgan fingerprint density at radius 2 is 2.40 bits per heavy atom. The Kier molecular flexibility index (Phi) is 5.42. The first-order valence-electron chi connectivity index (χ1n) is 4.46. The van der Waals surface area contributed by atoms with Crippen LogP contribution in [0.25, 0.3) is 0 Å². The SMILES string of the molecule is CCN/C(=C\C(=O)c1ccc(Br)s1)SC. The van der Waals surface area contributed by atoms with Gasteiger partial charge in [0.1, 0.15) is 0 Å². The van der Waals surface area contributed by atoms with Crippen molar-refractivity contribution < 1.29 is 4.79 Å². The summed E-state index contributed by atoms with van der Waals surface area (Å²) < 4.78 is 0.980. The maximum atomic E-state index is 11.8. The Morgan fingerprint density at radius 1 is 1.67 bits per heavy atom. The molecule has 0 atom stereocenters. The van der Waals surface area contributed by atoms with Crippen LogP contribution in [0, 0.1) is 0 Å². The molecule has 2 nitrogen and oxygen atoms in total. The van der Waals surface area contributed by atoms with Crippen LogP contribution in [0.4, 0.5) is 0 Å². The Balaban J connectivity index is 2.76. The lowest BCUT2D eigenvalue weighted by atomic mass is 10.3. The summed E-state index contributed by atoms with van der Waals surface area (Å²) in [6, 6.07) is 3.72. The van der Waals surface area contributed by atoms with E-state index in [1.807, 2.05) is 25.3 Å². The Hall–Kier alpha value is -0.260. The van der Waals surface area contributed by atoms with E-state index in [0.29, 0.717) is 0 Å². The molecule has 1 heterocycles. The van der Waals surface area contributed by atoms with E-state index in [1.54, 1.807) is 17.8 Å². The molecule has 0 bridgehead atoms. The molecule has 5 heteroatoms. The minimum atomic E-state index is 0.0519. The molecule has 0 aliphatic carbocycles. The topological polar surface area (TPSA) is 29.1 Å². The van der Waals surface area contributed by atoms with E-state index in [4.69, 9.17) is 0 Å². The highest BCUT2D eigenvalue weighted by Gasteiger charge is 2.06. The van der Waals surface area contributed by atoms with Crippen LogP contribution in [-0.2, 0) is 0 Å². The van der Waals surface area contributed by atoms with Gasteiger partial charge in [0.15, 0.2) is 5.78 Å². The lowest BCUT2D eigenvalue weighted by Gasteiger charge is -2.03. The minimum Gasteiger partial charge on any atom is -0.380 e. The minimum absolute atomic E-state index is 0.0519. The second-order valence-corrected chi connectivity index (χ2v) is 6.02. The largest absolute Gasteiger partial charge is 0.380 e. The van der Waals surface area contributed by atoms with Crippen molar-refractivity contribution in [3.63, 3.8) is 0 Å². The molecule has 0 aliphatic rings. The van der Waals surface area contributed by atoms with Crippen LogP contribution < -0.4 is 5.32 Å². The van der Waals surface area contributed by atoms with Crippen molar-refractivity contribution in [1.29, 1.82) is 0 Å². The number of thioether (sulfide) groups is 1. The number of rotatable bonds is 5. The van der Waals surface area contributed by atoms with Crippen molar-refractivity contribution in [2.24, 2.45) is 0 Å². The predicted octanol–water partition coefficient (Wildman–Crippen LogP) is 3.51. The summed E-state index contributed by atoms with van der Waals surface area (Å²) >= 11 is 6.34. The van der Waals surface area contributed by atoms with Gasteiger partial charge in [-0.25, -0.2) is 0 Å². The molecule has 0 fully saturated rings. The molecule has 0 aliphatic heterocycles. The smallest absolute Gasteiger partial charge is 0.198 e. The van der Waals surface area contributed by atoms with E-state index in [2.05, 4.69) is 21.2 Å². The number of hydrogen-bond donors (Lipinski definition) is 1. The summed E-state index contributed by atoms with van der Waals surface area (Å²) in [4.78, 5) is 12.5. The van der Waals surface area contributed by atoms with Gasteiger partial charge >= 0.3 is 0 Å². The van der Waals surface area contributed by atoms with Crippen LogP contribution in [0.5, 0.6) is 0 Å². The van der Waals surface area contributed by atoms with Crippen LogP contribution in [0.15, 0.2) is 27.0 Å². The predicted molar refractivity (Wildman–Crippen MR) is 71.6 cm³/mol. The van der Waals surface area contributed by atoms with E-state index in [9.17, 15) is 4.79 Å². The van der Waals surface area contributed by atoms with Crippen molar-refractivity contribution >= 4 is 44.8 Å². The molecule has 1 aromatic heterocycles. The van der Waals surface area contributed by atoms with Crippen LogP contribution in [-0.4, -0.2) is 18.6 Å². The summed E-state index contributed by atoms with van der Waals surface area (Å²) in [6.07, 6.45) is 3.60. The molecule has 0 saturated carbocycles. The third-order valence-corrected chi connectivity index (χ3v) is 3.99. The molecular formula is C10H12BrNOS2. The third-order valence-electron chi connectivity index (χ3n) is 1.65. The maximum Gasteiger partial charge on any atom is 0.198 e. The lowest BCUT2D eigenvalue weighted by molar-refractivity contribution is 0.105. The highest BCUT2D eigenvalue weighted by molar-refractivity contribution is 9.11. The molecule has 0 radical (unpaired) electrons. The normalized spacial score (nSPS) is 11.5. The summed E-state index contributed by atoms with van der Waals surface area (Å²) in [6.45, 7) is 2.84. The zero-order valence-corrected chi connectivity index (χ0v) is 11.8. The van der Waals surface area contributed by atoms with Gasteiger partial charge in [-0.3, -0.25) is 4.79 Å². The van der Waals surface area contributed by atoms with E-state index in [1.165, 1.54) is 11.3 Å². The number of halogens is 1. The molecule has 1 aromatic rings. The highest BCUT2D eigenvalue weighted by Crippen LogP contribution is 2.23. The molecule has 0 unspecified atom stereocenters. The lowest BCUT2D eigenvalue weighted by Crippen LogP contribution is -2.10. The average Bonchev–Trinajstić information content (AvgIpc) is 2.64. The van der Waals surface area contributed by atoms with Gasteiger partial charge in [0.2, 0.25) is 0 Å². The van der Waals surface area contributed by atoms with Gasteiger partial charge in [-0.2, -0.15) is 0 Å². The molecule has 0 amide bonds. The first kappa shape index (κ1) is 12.8. The van der Waals surface area contributed by atoms with Crippen LogP contribution in [0.1, 0.15) is 16.6 Å². The van der Waals surface area contributed by atoms with Crippen molar-refractivity contribution in [2.75, 3.05) is 12.8 Å². The van der Waals surface area contributed by atoms with Crippen LogP contribution >= 0.6 is 39.0 Å². The Labute approximate surface area is 106 Å². The molecule has 1 rings (SSSR count). The van der Waals surface area contributed by atoms with Crippen LogP contribution in [0.2, 0.25) is 0 Å². The summed E-state index contributed by atoms with van der Waals surface area (Å²) in [5.41, 5.74) is 0. The number of thiophene rings is 1. The molecule has 0 aromatic carbocycles. The van der Waals surface area contributed by atoms with Gasteiger partial charge in [0.25, 0.3) is 0 Å². The van der Waals surface area contributed by atoms with Gasteiger partial charge in [0.05, 0.1) is 13.7 Å². The quantitative estimate of drug-likeness (QED) is 0.667. The van der Waals surface area contributed by atoms with E-state index >= 15 is 0 Å². The highest BCUT2D eigenvalue weighted by atomic mass is 79.9. The standard InChI is InChI=1S/C10H12BrNOS2/c1-3-12-10(14-2)6-7(13)8-4-5-9(11)15-8/h4-6,12H,3H2,1-2H3/b10-6+. The number of ketones is 1. The van der Waals surface area contributed by atoms with Gasteiger partial charge in [0, 0.05) is 12.6 Å². The number of carbonyl (C=O) groups is 1. The van der Waals surface area contributed by atoms with Crippen LogP contribution in [0.3, 0.4) is 0 Å². The van der Waals surface area contributed by atoms with E-state index in [-0.39, 0.29) is 5.78 Å². The number of hydrogen-bond acceptors (Lipinski definition) is 4. The zero-order chi connectivity index (χ0) is 11.3. The summed E-state index contributed by atoms with van der Waals surface area (Å²) in [5.74, 6) is 0.0519. The fourth-order valence-corrected chi connectivity index (χ4v) is 2.80. The number of nitrogens with one attached hydrogen (secondary N) is 1. The van der Waals surface area contributed by atoms with Crippen molar-refractivity contribution in [1.82, 2.24) is 5.32 Å². The fraction of sp³-hybridized carbons (Fsp3) is 0.300. The summed E-state index contributed by atoms with van der Waals surface area (Å²) in [5, 5.41) is 4.05. The average molecular weight is 306 g/mol. The van der Waals surface area contributed by atoms with Crippen molar-refractivity contribution in [3.05, 3.63) is 31.9 Å². The Morgan fingerprint density at radius 3 is 2.87 bits per heavy atom. The Bertz CT molecular complexity index is 373. The number of allylic oxidation sites excluding steroid dienone is 1. The fourth-order valence-electron chi connectivity index (χ4n) is 0.993. The van der Waals surface area contributed by atoms with Gasteiger partial charge < -0.3 is 5.32 Å². The first-order valence-corrected chi connectivity index (χ1v) is 7.30. The second-order valence-electron chi connectivity index (χ2n) is 2.71.